The van der Waals surface area contributed by atoms with Crippen molar-refractivity contribution in [1.82, 2.24) is 19.9 Å². The van der Waals surface area contributed by atoms with E-state index in [1.54, 1.807) is 12.3 Å². The van der Waals surface area contributed by atoms with E-state index in [1.165, 1.54) is 36.7 Å². The molecule has 2 N–H and O–H groups in total. The molecule has 184 valence electrons. The van der Waals surface area contributed by atoms with Gasteiger partial charge in [0.2, 0.25) is 5.88 Å². The van der Waals surface area contributed by atoms with Crippen LogP contribution in [0.4, 0.5) is 13.2 Å². The second kappa shape index (κ2) is 8.77. The Morgan fingerprint density at radius 3 is 2.92 bits per heavy atom. The van der Waals surface area contributed by atoms with Gasteiger partial charge in [0, 0.05) is 29.3 Å². The number of hydrogen-bond donors (Lipinski definition) is 1. The fourth-order valence-electron chi connectivity index (χ4n) is 4.62. The number of ether oxygens (including phenoxy) is 1. The summed E-state index contributed by atoms with van der Waals surface area (Å²) in [5.74, 6) is -2.13. The first-order chi connectivity index (χ1) is 17.5. The van der Waals surface area contributed by atoms with Gasteiger partial charge >= 0.3 is 0 Å². The van der Waals surface area contributed by atoms with E-state index >= 15 is 4.39 Å². The Balaban J connectivity index is 1.33. The Kier molecular flexibility index (Phi) is 5.55. The molecule has 0 bridgehead atoms. The predicted octanol–water partition coefficient (Wildman–Crippen LogP) is 4.08. The quantitative estimate of drug-likeness (QED) is 0.394. The summed E-state index contributed by atoms with van der Waals surface area (Å²) >= 11 is 1.35. The van der Waals surface area contributed by atoms with E-state index in [4.69, 9.17) is 14.9 Å². The summed E-state index contributed by atoms with van der Waals surface area (Å²) in [6.07, 6.45) is 6.54. The number of rotatable bonds is 7. The van der Waals surface area contributed by atoms with Gasteiger partial charge in [-0.25, -0.2) is 33.1 Å². The maximum atomic E-state index is 15.0. The van der Waals surface area contributed by atoms with Crippen LogP contribution in [0.2, 0.25) is 0 Å². The Hall–Kier alpha value is -3.67. The molecule has 36 heavy (non-hydrogen) atoms. The molecule has 3 aromatic heterocycles. The standard InChI is InChI=1S/C24H19F3N6O2S/c25-10-24(14-6-19(14)36-23(28)33-24)15-3-12(4-16(26)21(15)27)5-18-22-17(1-2-29-18)32-20(7-30-22)35-9-13-8-34-11-31-13/h1-4,7-8,11,14,19H,5-6,9-10H2,(H2,28,33)/t14-,19+,24+/m1/s1. The van der Waals surface area contributed by atoms with Crippen molar-refractivity contribution < 1.29 is 22.3 Å². The molecule has 0 radical (unpaired) electrons. The molecule has 1 aliphatic carbocycles. The molecule has 1 aliphatic heterocycles. The fourth-order valence-corrected chi connectivity index (χ4v) is 5.84. The summed E-state index contributed by atoms with van der Waals surface area (Å²) < 4.78 is 54.7. The smallest absolute Gasteiger partial charge is 0.233 e. The number of hydrogen-bond acceptors (Lipinski definition) is 9. The number of pyridine rings is 1. The number of nitrogens with zero attached hydrogens (tertiary/aromatic N) is 5. The molecule has 0 amide bonds. The van der Waals surface area contributed by atoms with Crippen molar-refractivity contribution in [3.05, 3.63) is 77.4 Å². The molecule has 3 atom stereocenters. The van der Waals surface area contributed by atoms with Crippen molar-refractivity contribution >= 4 is 28.0 Å². The molecular formula is C24H19F3N6O2S. The van der Waals surface area contributed by atoms with Gasteiger partial charge in [0.15, 0.2) is 23.2 Å². The van der Waals surface area contributed by atoms with Gasteiger partial charge in [-0.15, -0.1) is 0 Å². The van der Waals surface area contributed by atoms with E-state index in [0.29, 0.717) is 34.4 Å². The van der Waals surface area contributed by atoms with Gasteiger partial charge in [-0.3, -0.25) is 4.98 Å². The zero-order valence-corrected chi connectivity index (χ0v) is 19.5. The number of thioether (sulfide) groups is 1. The van der Waals surface area contributed by atoms with Crippen LogP contribution in [0.5, 0.6) is 5.88 Å². The Bertz CT molecular complexity index is 1480. The molecule has 1 saturated carbocycles. The molecule has 1 aromatic carbocycles. The van der Waals surface area contributed by atoms with Gasteiger partial charge in [-0.05, 0) is 30.2 Å². The van der Waals surface area contributed by atoms with Gasteiger partial charge < -0.3 is 14.9 Å². The molecule has 4 heterocycles. The molecule has 12 heteroatoms. The number of amidine groups is 1. The lowest BCUT2D eigenvalue weighted by atomic mass is 9.84. The minimum Gasteiger partial charge on any atom is -0.470 e. The summed E-state index contributed by atoms with van der Waals surface area (Å²) in [5, 5.41) is 0.240. The average molecular weight is 513 g/mol. The molecule has 4 aromatic rings. The number of benzene rings is 1. The first-order valence-electron chi connectivity index (χ1n) is 11.1. The number of halogens is 3. The Labute approximate surface area is 207 Å². The number of alkyl halides is 1. The van der Waals surface area contributed by atoms with Crippen LogP contribution >= 0.6 is 11.8 Å². The Morgan fingerprint density at radius 1 is 1.22 bits per heavy atom. The van der Waals surface area contributed by atoms with Crippen molar-refractivity contribution in [3.8, 4) is 5.88 Å². The highest BCUT2D eigenvalue weighted by atomic mass is 32.2. The van der Waals surface area contributed by atoms with Gasteiger partial charge in [0.25, 0.3) is 0 Å². The van der Waals surface area contributed by atoms with Crippen LogP contribution in [-0.2, 0) is 18.6 Å². The van der Waals surface area contributed by atoms with Crippen molar-refractivity contribution in [2.45, 2.75) is 30.2 Å². The molecule has 0 spiro atoms. The van der Waals surface area contributed by atoms with Gasteiger partial charge in [0.05, 0.1) is 17.4 Å². The Morgan fingerprint density at radius 2 is 2.11 bits per heavy atom. The van der Waals surface area contributed by atoms with Gasteiger partial charge in [-0.1, -0.05) is 11.8 Å². The van der Waals surface area contributed by atoms with Crippen LogP contribution in [0, 0.1) is 17.6 Å². The van der Waals surface area contributed by atoms with E-state index in [2.05, 4.69) is 24.9 Å². The van der Waals surface area contributed by atoms with E-state index < -0.39 is 23.8 Å². The van der Waals surface area contributed by atoms with Crippen LogP contribution in [0.25, 0.3) is 11.0 Å². The van der Waals surface area contributed by atoms with Crippen LogP contribution < -0.4 is 10.5 Å². The fraction of sp³-hybridized carbons (Fsp3) is 0.292. The maximum absolute atomic E-state index is 15.0. The minimum absolute atomic E-state index is 0.0556. The summed E-state index contributed by atoms with van der Waals surface area (Å²) in [6.45, 7) is -0.805. The molecule has 0 unspecified atom stereocenters. The average Bonchev–Trinajstić information content (AvgIpc) is 3.47. The molecule has 0 saturated heterocycles. The highest BCUT2D eigenvalue weighted by Crippen LogP contribution is 2.58. The maximum Gasteiger partial charge on any atom is 0.233 e. The van der Waals surface area contributed by atoms with Gasteiger partial charge in [-0.2, -0.15) is 0 Å². The summed E-state index contributed by atoms with van der Waals surface area (Å²) in [5.41, 5.74) is 6.77. The monoisotopic (exact) mass is 512 g/mol. The van der Waals surface area contributed by atoms with Crippen molar-refractivity contribution in [2.24, 2.45) is 16.6 Å². The lowest BCUT2D eigenvalue weighted by Gasteiger charge is -2.32. The van der Waals surface area contributed by atoms with E-state index in [1.807, 2.05) is 0 Å². The van der Waals surface area contributed by atoms with Crippen LogP contribution in [0.3, 0.4) is 0 Å². The van der Waals surface area contributed by atoms with Crippen molar-refractivity contribution in [1.29, 1.82) is 0 Å². The topological polar surface area (TPSA) is 112 Å². The summed E-state index contributed by atoms with van der Waals surface area (Å²) in [7, 11) is 0. The molecule has 8 nitrogen and oxygen atoms in total. The third kappa shape index (κ3) is 3.94. The molecule has 1 fully saturated rings. The third-order valence-corrected chi connectivity index (χ3v) is 7.58. The predicted molar refractivity (Wildman–Crippen MR) is 126 cm³/mol. The van der Waals surface area contributed by atoms with E-state index in [9.17, 15) is 8.78 Å². The SMILES string of the molecule is NC1=N[C@](CF)(c2cc(Cc3nccc4nc(OCc5cocn5)cnc34)cc(F)c2F)[C@@H]2C[C@@H]2S1. The summed E-state index contributed by atoms with van der Waals surface area (Å²) in [6, 6.07) is 4.22. The number of aliphatic imine (C=N–C) groups is 1. The highest BCUT2D eigenvalue weighted by Gasteiger charge is 2.58. The summed E-state index contributed by atoms with van der Waals surface area (Å²) in [4.78, 5) is 21.5. The number of fused-ring (bicyclic) bond motifs is 2. The first-order valence-corrected chi connectivity index (χ1v) is 12.0. The zero-order valence-electron chi connectivity index (χ0n) is 18.7. The van der Waals surface area contributed by atoms with Crippen LogP contribution in [0.15, 0.2) is 52.7 Å². The minimum atomic E-state index is -1.52. The number of nitrogens with two attached hydrogens (primary N) is 1. The highest BCUT2D eigenvalue weighted by molar-refractivity contribution is 8.14. The lowest BCUT2D eigenvalue weighted by Crippen LogP contribution is -2.37. The van der Waals surface area contributed by atoms with Gasteiger partial charge in [0.1, 0.15) is 36.3 Å². The van der Waals surface area contributed by atoms with Crippen LogP contribution in [0.1, 0.15) is 28.9 Å². The second-order valence-corrected chi connectivity index (χ2v) is 9.98. The normalized spacial score (nSPS) is 22.8. The van der Waals surface area contributed by atoms with Crippen LogP contribution in [-0.4, -0.2) is 37.0 Å². The molecule has 2 aliphatic rings. The largest absolute Gasteiger partial charge is 0.470 e. The zero-order chi connectivity index (χ0) is 24.9. The third-order valence-electron chi connectivity index (χ3n) is 6.42. The van der Waals surface area contributed by atoms with E-state index in [-0.39, 0.29) is 40.8 Å². The lowest BCUT2D eigenvalue weighted by molar-refractivity contribution is 0.268. The van der Waals surface area contributed by atoms with Crippen molar-refractivity contribution in [3.63, 3.8) is 0 Å². The van der Waals surface area contributed by atoms with E-state index in [0.717, 1.165) is 6.07 Å². The number of aromatic nitrogens is 4. The second-order valence-electron chi connectivity index (χ2n) is 8.72. The molecular weight excluding hydrogens is 493 g/mol. The first kappa shape index (κ1) is 22.8. The van der Waals surface area contributed by atoms with Crippen molar-refractivity contribution in [2.75, 3.05) is 6.67 Å². The molecule has 6 rings (SSSR count). The number of oxazole rings is 1.